The van der Waals surface area contributed by atoms with Gasteiger partial charge in [0.15, 0.2) is 12.2 Å². The van der Waals surface area contributed by atoms with Gasteiger partial charge in [0.05, 0.1) is 37.6 Å². The standard InChI is InChI=1S/C16H26O8/c1-3-21-15(19)13(17)11-7-5-9(23-11)10-6-8-12(24-10)14(18)16(20)22-4-2/h9-14,17-18H,3-8H2,1-2H3/t9-,10-,11-,12-,13+,14+/m1/s1. The molecule has 2 heterocycles. The minimum Gasteiger partial charge on any atom is -0.464 e. The highest BCUT2D eigenvalue weighted by atomic mass is 16.6. The monoisotopic (exact) mass is 346 g/mol. The van der Waals surface area contributed by atoms with E-state index in [-0.39, 0.29) is 25.4 Å². The molecule has 0 spiro atoms. The first kappa shape index (κ1) is 19.1. The topological polar surface area (TPSA) is 112 Å². The molecule has 0 aromatic rings. The van der Waals surface area contributed by atoms with Crippen LogP contribution in [0.5, 0.6) is 0 Å². The third-order valence-corrected chi connectivity index (χ3v) is 4.35. The third-order valence-electron chi connectivity index (χ3n) is 4.35. The molecule has 2 aliphatic rings. The molecular weight excluding hydrogens is 320 g/mol. The van der Waals surface area contributed by atoms with E-state index in [2.05, 4.69) is 0 Å². The summed E-state index contributed by atoms with van der Waals surface area (Å²) >= 11 is 0. The summed E-state index contributed by atoms with van der Waals surface area (Å²) in [5, 5.41) is 19.9. The number of rotatable bonds is 7. The lowest BCUT2D eigenvalue weighted by molar-refractivity contribution is -0.169. The van der Waals surface area contributed by atoms with Crippen molar-refractivity contribution >= 4 is 11.9 Å². The number of carbonyl (C=O) groups is 2. The number of ether oxygens (including phenoxy) is 4. The molecule has 0 bridgehead atoms. The molecule has 0 unspecified atom stereocenters. The summed E-state index contributed by atoms with van der Waals surface area (Å²) in [5.74, 6) is -1.38. The van der Waals surface area contributed by atoms with E-state index in [1.54, 1.807) is 13.8 Å². The van der Waals surface area contributed by atoms with Crippen molar-refractivity contribution < 1.29 is 38.7 Å². The van der Waals surface area contributed by atoms with Crippen molar-refractivity contribution in [2.75, 3.05) is 13.2 Å². The second-order valence-corrected chi connectivity index (χ2v) is 5.97. The zero-order chi connectivity index (χ0) is 17.7. The van der Waals surface area contributed by atoms with E-state index < -0.39 is 36.4 Å². The Balaban J connectivity index is 1.82. The molecule has 0 aromatic carbocycles. The minimum absolute atomic E-state index is 0.200. The molecular formula is C16H26O8. The number of carbonyl (C=O) groups excluding carboxylic acids is 2. The van der Waals surface area contributed by atoms with Crippen molar-refractivity contribution in [3.05, 3.63) is 0 Å². The van der Waals surface area contributed by atoms with Gasteiger partial charge in [-0.15, -0.1) is 0 Å². The molecule has 138 valence electrons. The highest BCUT2D eigenvalue weighted by molar-refractivity contribution is 5.75. The lowest BCUT2D eigenvalue weighted by Gasteiger charge is -2.23. The quantitative estimate of drug-likeness (QED) is 0.616. The van der Waals surface area contributed by atoms with Crippen molar-refractivity contribution in [2.24, 2.45) is 0 Å². The maximum Gasteiger partial charge on any atom is 0.337 e. The Morgan fingerprint density at radius 3 is 1.58 bits per heavy atom. The average molecular weight is 346 g/mol. The average Bonchev–Trinajstić information content (AvgIpc) is 3.22. The molecule has 0 aromatic heterocycles. The van der Waals surface area contributed by atoms with Crippen molar-refractivity contribution in [1.82, 2.24) is 0 Å². The van der Waals surface area contributed by atoms with E-state index >= 15 is 0 Å². The largest absolute Gasteiger partial charge is 0.464 e. The summed E-state index contributed by atoms with van der Waals surface area (Å²) in [4.78, 5) is 23.1. The van der Waals surface area contributed by atoms with E-state index in [0.717, 1.165) is 0 Å². The van der Waals surface area contributed by atoms with Crippen LogP contribution in [0, 0.1) is 0 Å². The van der Waals surface area contributed by atoms with E-state index in [1.807, 2.05) is 0 Å². The maximum atomic E-state index is 11.6. The minimum atomic E-state index is -1.31. The molecule has 0 amide bonds. The summed E-state index contributed by atoms with van der Waals surface area (Å²) < 4.78 is 21.1. The van der Waals surface area contributed by atoms with Gasteiger partial charge in [0.2, 0.25) is 0 Å². The molecule has 2 aliphatic heterocycles. The van der Waals surface area contributed by atoms with E-state index in [4.69, 9.17) is 18.9 Å². The van der Waals surface area contributed by atoms with Gasteiger partial charge in [0.1, 0.15) is 0 Å². The molecule has 24 heavy (non-hydrogen) atoms. The number of hydrogen-bond acceptors (Lipinski definition) is 8. The van der Waals surface area contributed by atoms with Crippen molar-refractivity contribution in [1.29, 1.82) is 0 Å². The molecule has 0 saturated carbocycles. The normalized spacial score (nSPS) is 32.3. The lowest BCUT2D eigenvalue weighted by atomic mass is 10.0. The smallest absolute Gasteiger partial charge is 0.337 e. The van der Waals surface area contributed by atoms with Gasteiger partial charge >= 0.3 is 11.9 Å². The molecule has 6 atom stereocenters. The van der Waals surface area contributed by atoms with Gasteiger partial charge in [-0.2, -0.15) is 0 Å². The van der Waals surface area contributed by atoms with Crippen LogP contribution >= 0.6 is 0 Å². The van der Waals surface area contributed by atoms with Crippen molar-refractivity contribution in [2.45, 2.75) is 76.2 Å². The highest BCUT2D eigenvalue weighted by Gasteiger charge is 2.43. The fourth-order valence-electron chi connectivity index (χ4n) is 3.15. The second kappa shape index (κ2) is 8.75. The van der Waals surface area contributed by atoms with Gasteiger partial charge in [-0.25, -0.2) is 9.59 Å². The zero-order valence-electron chi connectivity index (χ0n) is 14.1. The Bertz CT molecular complexity index is 400. The van der Waals surface area contributed by atoms with Gasteiger partial charge < -0.3 is 29.2 Å². The van der Waals surface area contributed by atoms with Gasteiger partial charge in [-0.3, -0.25) is 0 Å². The van der Waals surface area contributed by atoms with Gasteiger partial charge in [-0.1, -0.05) is 0 Å². The molecule has 2 rings (SSSR count). The Morgan fingerprint density at radius 1 is 0.875 bits per heavy atom. The van der Waals surface area contributed by atoms with Crippen LogP contribution in [0.15, 0.2) is 0 Å². The highest BCUT2D eigenvalue weighted by Crippen LogP contribution is 2.33. The first-order chi connectivity index (χ1) is 11.5. The Kier molecular flexibility index (Phi) is 6.97. The fourth-order valence-corrected chi connectivity index (χ4v) is 3.15. The first-order valence-corrected chi connectivity index (χ1v) is 8.48. The third kappa shape index (κ3) is 4.44. The maximum absolute atomic E-state index is 11.6. The van der Waals surface area contributed by atoms with Crippen LogP contribution in [0.3, 0.4) is 0 Å². The molecule has 2 fully saturated rings. The number of hydrogen-bond donors (Lipinski definition) is 2. The van der Waals surface area contributed by atoms with E-state index in [9.17, 15) is 19.8 Å². The summed E-state index contributed by atoms with van der Waals surface area (Å²) in [6.07, 6.45) is -2.10. The van der Waals surface area contributed by atoms with E-state index in [1.165, 1.54) is 0 Å². The zero-order valence-corrected chi connectivity index (χ0v) is 14.1. The SMILES string of the molecule is CCOC(=O)[C@@H](O)[C@H]1CC[C@H]([C@H]2CC[C@H]([C@H](O)C(=O)OCC)O2)O1. The van der Waals surface area contributed by atoms with Gasteiger partial charge in [-0.05, 0) is 39.5 Å². The number of aliphatic hydroxyl groups is 2. The van der Waals surface area contributed by atoms with Gasteiger partial charge in [0, 0.05) is 0 Å². The number of esters is 2. The molecule has 2 saturated heterocycles. The van der Waals surface area contributed by atoms with Crippen LogP contribution in [0.2, 0.25) is 0 Å². The predicted molar refractivity (Wildman–Crippen MR) is 81.1 cm³/mol. The molecule has 0 aliphatic carbocycles. The summed E-state index contributed by atoms with van der Waals surface area (Å²) in [7, 11) is 0. The molecule has 8 heteroatoms. The van der Waals surface area contributed by atoms with Gasteiger partial charge in [0.25, 0.3) is 0 Å². The fraction of sp³-hybridized carbons (Fsp3) is 0.875. The lowest BCUT2D eigenvalue weighted by Crippen LogP contribution is -2.38. The molecule has 2 N–H and O–H groups in total. The molecule has 0 radical (unpaired) electrons. The van der Waals surface area contributed by atoms with Crippen LogP contribution < -0.4 is 0 Å². The number of aliphatic hydroxyl groups excluding tert-OH is 2. The Labute approximate surface area is 141 Å². The second-order valence-electron chi connectivity index (χ2n) is 5.97. The predicted octanol–water partition coefficient (Wildman–Crippen LogP) is -0.0704. The first-order valence-electron chi connectivity index (χ1n) is 8.48. The van der Waals surface area contributed by atoms with Crippen molar-refractivity contribution in [3.63, 3.8) is 0 Å². The van der Waals surface area contributed by atoms with Crippen LogP contribution in [-0.2, 0) is 28.5 Å². The summed E-state index contributed by atoms with van der Waals surface area (Å²) in [6, 6.07) is 0. The van der Waals surface area contributed by atoms with Crippen LogP contribution in [0.1, 0.15) is 39.5 Å². The summed E-state index contributed by atoms with van der Waals surface area (Å²) in [6.45, 7) is 3.74. The van der Waals surface area contributed by atoms with Crippen molar-refractivity contribution in [3.8, 4) is 0 Å². The van der Waals surface area contributed by atoms with E-state index in [0.29, 0.717) is 25.7 Å². The molecule has 8 nitrogen and oxygen atoms in total. The summed E-state index contributed by atoms with van der Waals surface area (Å²) in [5.41, 5.74) is 0. The van der Waals surface area contributed by atoms with Crippen LogP contribution in [0.25, 0.3) is 0 Å². The Hall–Kier alpha value is -1.22. The van der Waals surface area contributed by atoms with Crippen LogP contribution in [0.4, 0.5) is 0 Å². The van der Waals surface area contributed by atoms with Crippen LogP contribution in [-0.4, -0.2) is 72.0 Å². The Morgan fingerprint density at radius 2 is 1.25 bits per heavy atom.